The van der Waals surface area contributed by atoms with Crippen molar-refractivity contribution in [3.8, 4) is 0 Å². The molecule has 0 spiro atoms. The van der Waals surface area contributed by atoms with Crippen LogP contribution in [-0.4, -0.2) is 11.5 Å². The molecule has 1 heterocycles. The molecule has 2 nitrogen and oxygen atoms in total. The van der Waals surface area contributed by atoms with Crippen molar-refractivity contribution in [3.05, 3.63) is 64.4 Å². The summed E-state index contributed by atoms with van der Waals surface area (Å²) in [4.78, 5) is 4.24. The zero-order valence-corrected chi connectivity index (χ0v) is 12.7. The van der Waals surface area contributed by atoms with E-state index < -0.39 is 0 Å². The summed E-state index contributed by atoms with van der Waals surface area (Å²) in [6.45, 7) is 3.22. The molecule has 2 rings (SSSR count). The van der Waals surface area contributed by atoms with Crippen molar-refractivity contribution in [2.45, 2.75) is 25.8 Å². The van der Waals surface area contributed by atoms with Crippen molar-refractivity contribution < 1.29 is 0 Å². The fraction of sp³-hybridized carbons (Fsp3) is 0.312. The molecule has 1 unspecified atom stereocenters. The molecule has 0 saturated carbocycles. The molecule has 1 aromatic heterocycles. The van der Waals surface area contributed by atoms with Gasteiger partial charge in [0, 0.05) is 22.9 Å². The van der Waals surface area contributed by atoms with Gasteiger partial charge in [0.05, 0.1) is 0 Å². The van der Waals surface area contributed by atoms with Crippen molar-refractivity contribution in [3.63, 3.8) is 0 Å². The Morgan fingerprint density at radius 3 is 2.68 bits per heavy atom. The first-order valence-corrected chi connectivity index (χ1v) is 7.46. The van der Waals surface area contributed by atoms with E-state index in [0.29, 0.717) is 6.04 Å². The molecule has 0 aliphatic rings. The lowest BCUT2D eigenvalue weighted by atomic mass is 10.00. The van der Waals surface area contributed by atoms with Gasteiger partial charge >= 0.3 is 0 Å². The van der Waals surface area contributed by atoms with Crippen LogP contribution in [-0.2, 0) is 6.42 Å². The third kappa shape index (κ3) is 4.44. The summed E-state index contributed by atoms with van der Waals surface area (Å²) in [6.07, 6.45) is 5.85. The molecule has 2 aromatic rings. The molecular formula is C16H19BrN2. The van der Waals surface area contributed by atoms with E-state index in [1.54, 1.807) is 0 Å². The SMILES string of the molecule is CCCNC(Cc1cncc(Br)c1)c1ccccc1. The number of hydrogen-bond donors (Lipinski definition) is 1. The highest BCUT2D eigenvalue weighted by molar-refractivity contribution is 9.10. The molecule has 0 aliphatic heterocycles. The van der Waals surface area contributed by atoms with Crippen molar-refractivity contribution >= 4 is 15.9 Å². The molecule has 1 atom stereocenters. The molecule has 0 saturated heterocycles. The van der Waals surface area contributed by atoms with E-state index in [9.17, 15) is 0 Å². The third-order valence-electron chi connectivity index (χ3n) is 3.04. The standard InChI is InChI=1S/C16H19BrN2/c1-2-8-19-16(14-6-4-3-5-7-14)10-13-9-15(17)12-18-11-13/h3-7,9,11-12,16,19H,2,8,10H2,1H3. The number of nitrogens with one attached hydrogen (secondary N) is 1. The first kappa shape index (κ1) is 14.2. The lowest BCUT2D eigenvalue weighted by molar-refractivity contribution is 0.528. The van der Waals surface area contributed by atoms with Crippen LogP contribution in [0.25, 0.3) is 0 Å². The normalized spacial score (nSPS) is 12.3. The average Bonchev–Trinajstić information content (AvgIpc) is 2.44. The van der Waals surface area contributed by atoms with E-state index in [-0.39, 0.29) is 0 Å². The minimum absolute atomic E-state index is 0.345. The zero-order valence-electron chi connectivity index (χ0n) is 11.1. The van der Waals surface area contributed by atoms with Gasteiger partial charge in [0.25, 0.3) is 0 Å². The van der Waals surface area contributed by atoms with E-state index in [2.05, 4.69) is 69.6 Å². The lowest BCUT2D eigenvalue weighted by Gasteiger charge is -2.19. The van der Waals surface area contributed by atoms with Crippen LogP contribution < -0.4 is 5.32 Å². The van der Waals surface area contributed by atoms with Crippen LogP contribution in [0, 0.1) is 0 Å². The summed E-state index contributed by atoms with van der Waals surface area (Å²) in [6, 6.07) is 13.1. The largest absolute Gasteiger partial charge is 0.310 e. The van der Waals surface area contributed by atoms with Crippen molar-refractivity contribution in [2.75, 3.05) is 6.54 Å². The van der Waals surface area contributed by atoms with Gasteiger partial charge in [-0.3, -0.25) is 4.98 Å². The van der Waals surface area contributed by atoms with Crippen LogP contribution in [0.15, 0.2) is 53.3 Å². The second-order valence-corrected chi connectivity index (χ2v) is 5.55. The number of rotatable bonds is 6. The predicted octanol–water partition coefficient (Wildman–Crippen LogP) is 4.13. The highest BCUT2D eigenvalue weighted by atomic mass is 79.9. The van der Waals surface area contributed by atoms with E-state index in [0.717, 1.165) is 23.9 Å². The molecule has 3 heteroatoms. The second-order valence-electron chi connectivity index (χ2n) is 4.63. The number of nitrogens with zero attached hydrogens (tertiary/aromatic N) is 1. The molecule has 1 N–H and O–H groups in total. The Kier molecular flexibility index (Phi) is 5.55. The van der Waals surface area contributed by atoms with Crippen LogP contribution in [0.3, 0.4) is 0 Å². The number of pyridine rings is 1. The van der Waals surface area contributed by atoms with Crippen molar-refractivity contribution in [2.24, 2.45) is 0 Å². The maximum absolute atomic E-state index is 4.24. The fourth-order valence-corrected chi connectivity index (χ4v) is 2.53. The van der Waals surface area contributed by atoms with Crippen LogP contribution in [0.5, 0.6) is 0 Å². The minimum Gasteiger partial charge on any atom is -0.310 e. The van der Waals surface area contributed by atoms with Crippen LogP contribution in [0.1, 0.15) is 30.5 Å². The number of halogens is 1. The van der Waals surface area contributed by atoms with Gasteiger partial charge in [0.15, 0.2) is 0 Å². The Hall–Kier alpha value is -1.19. The van der Waals surface area contributed by atoms with Crippen LogP contribution >= 0.6 is 15.9 Å². The van der Waals surface area contributed by atoms with Crippen molar-refractivity contribution in [1.29, 1.82) is 0 Å². The smallest absolute Gasteiger partial charge is 0.0410 e. The van der Waals surface area contributed by atoms with Gasteiger partial charge < -0.3 is 5.32 Å². The molecule has 0 fully saturated rings. The Morgan fingerprint density at radius 2 is 2.00 bits per heavy atom. The molecule has 100 valence electrons. The predicted molar refractivity (Wildman–Crippen MR) is 83.1 cm³/mol. The van der Waals surface area contributed by atoms with E-state index >= 15 is 0 Å². The second kappa shape index (κ2) is 7.41. The maximum Gasteiger partial charge on any atom is 0.0410 e. The summed E-state index contributed by atoms with van der Waals surface area (Å²) in [5.74, 6) is 0. The van der Waals surface area contributed by atoms with Gasteiger partial charge in [-0.05, 0) is 52.5 Å². The van der Waals surface area contributed by atoms with Gasteiger partial charge in [-0.2, -0.15) is 0 Å². The van der Waals surface area contributed by atoms with E-state index in [1.807, 2.05) is 12.4 Å². The number of aromatic nitrogens is 1. The quantitative estimate of drug-likeness (QED) is 0.866. The topological polar surface area (TPSA) is 24.9 Å². The van der Waals surface area contributed by atoms with Gasteiger partial charge in [0.1, 0.15) is 0 Å². The first-order chi connectivity index (χ1) is 9.29. The molecular weight excluding hydrogens is 300 g/mol. The first-order valence-electron chi connectivity index (χ1n) is 6.67. The van der Waals surface area contributed by atoms with Crippen LogP contribution in [0.4, 0.5) is 0 Å². The van der Waals surface area contributed by atoms with Crippen molar-refractivity contribution in [1.82, 2.24) is 10.3 Å². The summed E-state index contributed by atoms with van der Waals surface area (Å²) < 4.78 is 1.03. The summed E-state index contributed by atoms with van der Waals surface area (Å²) in [7, 11) is 0. The van der Waals surface area contributed by atoms with Gasteiger partial charge in [-0.25, -0.2) is 0 Å². The molecule has 0 amide bonds. The zero-order chi connectivity index (χ0) is 13.5. The average molecular weight is 319 g/mol. The molecule has 19 heavy (non-hydrogen) atoms. The third-order valence-corrected chi connectivity index (χ3v) is 3.48. The maximum atomic E-state index is 4.24. The molecule has 0 radical (unpaired) electrons. The Bertz CT molecular complexity index is 499. The fourth-order valence-electron chi connectivity index (χ4n) is 2.11. The Balaban J connectivity index is 2.14. The summed E-state index contributed by atoms with van der Waals surface area (Å²) >= 11 is 3.48. The van der Waals surface area contributed by atoms with E-state index in [1.165, 1.54) is 11.1 Å². The highest BCUT2D eigenvalue weighted by Crippen LogP contribution is 2.19. The van der Waals surface area contributed by atoms with Gasteiger partial charge in [-0.1, -0.05) is 37.3 Å². The van der Waals surface area contributed by atoms with E-state index in [4.69, 9.17) is 0 Å². The highest BCUT2D eigenvalue weighted by Gasteiger charge is 2.11. The summed E-state index contributed by atoms with van der Waals surface area (Å²) in [5, 5.41) is 3.61. The number of hydrogen-bond acceptors (Lipinski definition) is 2. The van der Waals surface area contributed by atoms with Gasteiger partial charge in [0.2, 0.25) is 0 Å². The lowest BCUT2D eigenvalue weighted by Crippen LogP contribution is -2.24. The van der Waals surface area contributed by atoms with Crippen LogP contribution in [0.2, 0.25) is 0 Å². The summed E-state index contributed by atoms with van der Waals surface area (Å²) in [5.41, 5.74) is 2.57. The number of benzene rings is 1. The molecule has 0 aliphatic carbocycles. The molecule has 0 bridgehead atoms. The Labute approximate surface area is 123 Å². The minimum atomic E-state index is 0.345. The Morgan fingerprint density at radius 1 is 1.21 bits per heavy atom. The van der Waals surface area contributed by atoms with Gasteiger partial charge in [-0.15, -0.1) is 0 Å². The molecule has 1 aromatic carbocycles. The monoisotopic (exact) mass is 318 g/mol.